The van der Waals surface area contributed by atoms with Gasteiger partial charge in [-0.15, -0.1) is 5.47 Å². The molecule has 0 spiro atoms. The molecule has 0 fully saturated rings. The van der Waals surface area contributed by atoms with Crippen LogP contribution in [-0.4, -0.2) is 7.85 Å². The van der Waals surface area contributed by atoms with E-state index in [1.165, 1.54) is 5.57 Å². The number of hydrogen-bond acceptors (Lipinski definition) is 0. The van der Waals surface area contributed by atoms with Gasteiger partial charge in [0.1, 0.15) is 7.85 Å². The summed E-state index contributed by atoms with van der Waals surface area (Å²) in [6.07, 6.45) is 14.7. The van der Waals surface area contributed by atoms with Crippen molar-refractivity contribution >= 4 is 7.85 Å². The highest BCUT2D eigenvalue weighted by Crippen LogP contribution is 2.12. The maximum atomic E-state index is 5.48. The molecule has 0 aliphatic heterocycles. The van der Waals surface area contributed by atoms with Crippen LogP contribution in [0.5, 0.6) is 0 Å². The van der Waals surface area contributed by atoms with Crippen LogP contribution in [-0.2, 0) is 0 Å². The summed E-state index contributed by atoms with van der Waals surface area (Å²) < 4.78 is 0. The second-order valence-corrected chi connectivity index (χ2v) is 2.98. The number of hydrogen-bond donors (Lipinski definition) is 0. The van der Waals surface area contributed by atoms with Crippen LogP contribution in [0.1, 0.15) is 19.8 Å². The van der Waals surface area contributed by atoms with Gasteiger partial charge in [-0.05, 0) is 18.4 Å². The van der Waals surface area contributed by atoms with Crippen molar-refractivity contribution in [3.63, 3.8) is 0 Å². The van der Waals surface area contributed by atoms with Gasteiger partial charge in [0.15, 0.2) is 0 Å². The van der Waals surface area contributed by atoms with Crippen molar-refractivity contribution in [2.24, 2.45) is 0 Å². The summed E-state index contributed by atoms with van der Waals surface area (Å²) in [6.45, 7) is 1.89. The van der Waals surface area contributed by atoms with Crippen molar-refractivity contribution < 1.29 is 0 Å². The lowest BCUT2D eigenvalue weighted by atomic mass is 9.97. The summed E-state index contributed by atoms with van der Waals surface area (Å²) in [7, 11) is 5.48. The Morgan fingerprint density at radius 2 is 2.42 bits per heavy atom. The highest BCUT2D eigenvalue weighted by molar-refractivity contribution is 6.21. The molecule has 0 unspecified atom stereocenters. The van der Waals surface area contributed by atoms with Crippen LogP contribution in [0.2, 0.25) is 0 Å². The molecule has 0 heterocycles. The molecule has 0 amide bonds. The Kier molecular flexibility index (Phi) is 3.66. The molecule has 0 atom stereocenters. The lowest BCUT2D eigenvalue weighted by Crippen LogP contribution is -1.81. The van der Waals surface area contributed by atoms with Gasteiger partial charge in [0, 0.05) is 0 Å². The molecular weight excluding hydrogens is 143 g/mol. The predicted molar refractivity (Wildman–Crippen MR) is 55.1 cm³/mol. The van der Waals surface area contributed by atoms with E-state index in [4.69, 9.17) is 7.85 Å². The lowest BCUT2D eigenvalue weighted by molar-refractivity contribution is 0.991. The Morgan fingerprint density at radius 3 is 3.00 bits per heavy atom. The molecule has 0 N–H and O–H groups in total. The van der Waals surface area contributed by atoms with E-state index in [9.17, 15) is 0 Å². The lowest BCUT2D eigenvalue weighted by Gasteiger charge is -2.01. The zero-order valence-corrected chi connectivity index (χ0v) is 7.46. The first-order valence-electron chi connectivity index (χ1n) is 4.25. The van der Waals surface area contributed by atoms with Gasteiger partial charge in [0.2, 0.25) is 0 Å². The minimum atomic E-state index is 0.846. The van der Waals surface area contributed by atoms with Crippen LogP contribution in [0.3, 0.4) is 0 Å². The largest absolute Gasteiger partial charge is 0.121 e. The summed E-state index contributed by atoms with van der Waals surface area (Å²) in [5.41, 5.74) is 2.22. The first kappa shape index (κ1) is 9.12. The Morgan fingerprint density at radius 1 is 1.58 bits per heavy atom. The van der Waals surface area contributed by atoms with Gasteiger partial charge in [-0.3, -0.25) is 0 Å². The van der Waals surface area contributed by atoms with Crippen LogP contribution >= 0.6 is 0 Å². The van der Waals surface area contributed by atoms with E-state index in [2.05, 4.69) is 24.3 Å². The van der Waals surface area contributed by atoms with Crippen molar-refractivity contribution in [3.05, 3.63) is 47.5 Å². The van der Waals surface area contributed by atoms with E-state index in [0.717, 1.165) is 18.3 Å². The average Bonchev–Trinajstić information content (AvgIpc) is 2.05. The monoisotopic (exact) mass is 156 g/mol. The van der Waals surface area contributed by atoms with E-state index in [1.54, 1.807) is 0 Å². The fourth-order valence-corrected chi connectivity index (χ4v) is 1.08. The second kappa shape index (κ2) is 4.81. The minimum absolute atomic E-state index is 0.846. The molecule has 0 aromatic rings. The zero-order chi connectivity index (χ0) is 8.81. The minimum Gasteiger partial charge on any atom is -0.121 e. The first-order chi connectivity index (χ1) is 5.79. The Balaban J connectivity index is 2.50. The molecule has 0 saturated heterocycles. The standard InChI is InChI=1S/C11H13B/c1-10(12)6-5-9-11-7-3-2-4-8-11/h2-3,5-7,9H,4,8H2,1H3. The normalized spacial score (nSPS) is 18.4. The van der Waals surface area contributed by atoms with E-state index < -0.39 is 0 Å². The van der Waals surface area contributed by atoms with Gasteiger partial charge >= 0.3 is 0 Å². The molecular formula is C11H13B. The average molecular weight is 156 g/mol. The predicted octanol–water partition coefficient (Wildman–Crippen LogP) is 2.89. The Hall–Kier alpha value is -0.975. The van der Waals surface area contributed by atoms with Crippen LogP contribution in [0.15, 0.2) is 47.5 Å². The van der Waals surface area contributed by atoms with E-state index in [-0.39, 0.29) is 0 Å². The van der Waals surface area contributed by atoms with Gasteiger partial charge < -0.3 is 0 Å². The molecule has 1 rings (SSSR count). The molecule has 1 heteroatoms. The summed E-state index contributed by atoms with van der Waals surface area (Å²) in [6, 6.07) is 0. The van der Waals surface area contributed by atoms with Gasteiger partial charge in [0.25, 0.3) is 0 Å². The van der Waals surface area contributed by atoms with Gasteiger partial charge in [-0.1, -0.05) is 43.4 Å². The van der Waals surface area contributed by atoms with Crippen molar-refractivity contribution in [3.8, 4) is 0 Å². The molecule has 12 heavy (non-hydrogen) atoms. The third-order valence-corrected chi connectivity index (χ3v) is 1.72. The van der Waals surface area contributed by atoms with Gasteiger partial charge in [-0.2, -0.15) is 0 Å². The zero-order valence-electron chi connectivity index (χ0n) is 7.46. The summed E-state index contributed by atoms with van der Waals surface area (Å²) in [4.78, 5) is 0. The van der Waals surface area contributed by atoms with Crippen LogP contribution in [0.4, 0.5) is 0 Å². The molecule has 0 aromatic carbocycles. The topological polar surface area (TPSA) is 0 Å². The molecule has 0 nitrogen and oxygen atoms in total. The molecule has 60 valence electrons. The van der Waals surface area contributed by atoms with Crippen molar-refractivity contribution in [2.45, 2.75) is 19.8 Å². The number of allylic oxidation sites excluding steroid dienone is 8. The quantitative estimate of drug-likeness (QED) is 0.426. The van der Waals surface area contributed by atoms with E-state index in [1.807, 2.05) is 19.1 Å². The molecule has 0 bridgehead atoms. The maximum absolute atomic E-state index is 5.48. The van der Waals surface area contributed by atoms with Gasteiger partial charge in [0.05, 0.1) is 0 Å². The molecule has 1 aliphatic rings. The fraction of sp³-hybridized carbons (Fsp3) is 0.273. The summed E-state index contributed by atoms with van der Waals surface area (Å²) >= 11 is 0. The van der Waals surface area contributed by atoms with E-state index >= 15 is 0 Å². The SMILES string of the molecule is [B]C(C)=CC=CC1=CC=CCC1. The Bertz CT molecular complexity index is 250. The van der Waals surface area contributed by atoms with Crippen molar-refractivity contribution in [1.82, 2.24) is 0 Å². The van der Waals surface area contributed by atoms with Crippen LogP contribution in [0, 0.1) is 0 Å². The third-order valence-electron chi connectivity index (χ3n) is 1.72. The fourth-order valence-electron chi connectivity index (χ4n) is 1.08. The second-order valence-electron chi connectivity index (χ2n) is 2.98. The van der Waals surface area contributed by atoms with Crippen LogP contribution in [0.25, 0.3) is 0 Å². The van der Waals surface area contributed by atoms with Crippen LogP contribution < -0.4 is 0 Å². The van der Waals surface area contributed by atoms with Crippen molar-refractivity contribution in [1.29, 1.82) is 0 Å². The molecule has 0 saturated carbocycles. The number of rotatable bonds is 2. The first-order valence-corrected chi connectivity index (χ1v) is 4.25. The molecule has 1 aliphatic carbocycles. The highest BCUT2D eigenvalue weighted by atomic mass is 14.0. The summed E-state index contributed by atoms with van der Waals surface area (Å²) in [5, 5.41) is 0. The van der Waals surface area contributed by atoms with Gasteiger partial charge in [-0.25, -0.2) is 0 Å². The highest BCUT2D eigenvalue weighted by Gasteiger charge is 1.92. The third kappa shape index (κ3) is 3.43. The molecule has 2 radical (unpaired) electrons. The Labute approximate surface area is 75.8 Å². The van der Waals surface area contributed by atoms with Crippen molar-refractivity contribution in [2.75, 3.05) is 0 Å². The molecule has 0 aromatic heterocycles. The summed E-state index contributed by atoms with van der Waals surface area (Å²) in [5.74, 6) is 0. The smallest absolute Gasteiger partial charge is 0.107 e. The maximum Gasteiger partial charge on any atom is 0.107 e. The van der Waals surface area contributed by atoms with E-state index in [0.29, 0.717) is 0 Å².